The van der Waals surface area contributed by atoms with Gasteiger partial charge in [0.1, 0.15) is 0 Å². The minimum atomic E-state index is -4.97. The second-order valence-corrected chi connectivity index (χ2v) is 8.85. The quantitative estimate of drug-likeness (QED) is 0.242. The summed E-state index contributed by atoms with van der Waals surface area (Å²) in [6.45, 7) is 1.16. The molecule has 36 heavy (non-hydrogen) atoms. The Morgan fingerprint density at radius 3 is 2.08 bits per heavy atom. The molecule has 0 amide bonds. The van der Waals surface area contributed by atoms with Crippen molar-refractivity contribution >= 4 is 40.1 Å². The largest absolute Gasteiger partial charge is 0.416 e. The van der Waals surface area contributed by atoms with E-state index in [9.17, 15) is 31.1 Å². The van der Waals surface area contributed by atoms with Gasteiger partial charge in [0, 0.05) is 34.1 Å². The van der Waals surface area contributed by atoms with Crippen LogP contribution in [0.1, 0.15) is 29.2 Å². The molecule has 0 saturated heterocycles. The first-order chi connectivity index (χ1) is 16.7. The molecule has 0 unspecified atom stereocenters. The molecule has 0 aliphatic carbocycles. The van der Waals surface area contributed by atoms with Crippen LogP contribution in [0.15, 0.2) is 60.8 Å². The van der Waals surface area contributed by atoms with Crippen molar-refractivity contribution in [2.24, 2.45) is 0 Å². The maximum atomic E-state index is 13.3. The van der Waals surface area contributed by atoms with Crippen molar-refractivity contribution in [3.8, 4) is 11.1 Å². The number of carbonyl (C=O) groups excluding carboxylic acids is 1. The van der Waals surface area contributed by atoms with Crippen molar-refractivity contribution in [1.82, 2.24) is 4.73 Å². The number of nitrogens with zero attached hydrogens (tertiary/aromatic N) is 1. The molecule has 11 heteroatoms. The van der Waals surface area contributed by atoms with E-state index in [1.165, 1.54) is 12.3 Å². The third-order valence-electron chi connectivity index (χ3n) is 5.36. The SMILES string of the molecule is CC(=O)On1cc(Cc2cc(C(F)(F)F)cc(C(F)(F)F)c2)c2cc(-c3ccc(Cl)cc3Cl)ccc21. The minimum Gasteiger partial charge on any atom is -0.337 e. The Labute approximate surface area is 210 Å². The van der Waals surface area contributed by atoms with Gasteiger partial charge in [-0.3, -0.25) is 0 Å². The highest BCUT2D eigenvalue weighted by Gasteiger charge is 2.37. The van der Waals surface area contributed by atoms with Crippen LogP contribution >= 0.6 is 23.2 Å². The second-order valence-electron chi connectivity index (χ2n) is 8.01. The zero-order valence-corrected chi connectivity index (χ0v) is 19.8. The molecule has 0 radical (unpaired) electrons. The summed E-state index contributed by atoms with van der Waals surface area (Å²) in [6.07, 6.45) is -8.89. The van der Waals surface area contributed by atoms with E-state index in [1.54, 1.807) is 30.3 Å². The van der Waals surface area contributed by atoms with Gasteiger partial charge in [0.05, 0.1) is 16.6 Å². The Morgan fingerprint density at radius 2 is 1.53 bits per heavy atom. The summed E-state index contributed by atoms with van der Waals surface area (Å²) in [5.41, 5.74) is -1.09. The molecule has 3 nitrogen and oxygen atoms in total. The Kier molecular flexibility index (Phi) is 6.74. The topological polar surface area (TPSA) is 31.2 Å². The summed E-state index contributed by atoms with van der Waals surface area (Å²) in [5, 5.41) is 1.21. The first kappa shape index (κ1) is 25.9. The summed E-state index contributed by atoms with van der Waals surface area (Å²) in [5.74, 6) is -0.665. The fraction of sp³-hybridized carbons (Fsp3) is 0.160. The molecule has 3 aromatic carbocycles. The molecule has 0 fully saturated rings. The Balaban J connectivity index is 1.88. The van der Waals surface area contributed by atoms with Gasteiger partial charge in [0.2, 0.25) is 0 Å². The number of benzene rings is 3. The van der Waals surface area contributed by atoms with Crippen LogP contribution in [-0.4, -0.2) is 10.7 Å². The van der Waals surface area contributed by atoms with E-state index in [0.717, 1.165) is 11.7 Å². The molecular formula is C25H15Cl2F6NO2. The van der Waals surface area contributed by atoms with Gasteiger partial charge in [-0.1, -0.05) is 35.3 Å². The maximum Gasteiger partial charge on any atom is 0.416 e. The molecule has 0 aliphatic heterocycles. The molecule has 0 spiro atoms. The monoisotopic (exact) mass is 545 g/mol. The normalized spacial score (nSPS) is 12.2. The Morgan fingerprint density at radius 1 is 0.889 bits per heavy atom. The van der Waals surface area contributed by atoms with Gasteiger partial charge >= 0.3 is 18.3 Å². The van der Waals surface area contributed by atoms with Gasteiger partial charge in [0.25, 0.3) is 0 Å². The van der Waals surface area contributed by atoms with Crippen molar-refractivity contribution in [2.45, 2.75) is 25.7 Å². The van der Waals surface area contributed by atoms with Crippen LogP contribution in [0.4, 0.5) is 26.3 Å². The van der Waals surface area contributed by atoms with Gasteiger partial charge < -0.3 is 4.84 Å². The fourth-order valence-corrected chi connectivity index (χ4v) is 4.37. The summed E-state index contributed by atoms with van der Waals surface area (Å²) >= 11 is 12.3. The standard InChI is InChI=1S/C25H15Cl2F6NO2/c1-13(35)36-34-12-16(6-14-7-17(24(28,29)30)10-18(8-14)25(31,32)33)21-9-15(2-5-23(21)34)20-4-3-19(26)11-22(20)27/h2-5,7-12H,6H2,1H3. The predicted octanol–water partition coefficient (Wildman–Crippen LogP) is 8.22. The van der Waals surface area contributed by atoms with Gasteiger partial charge in [-0.25, -0.2) is 4.79 Å². The first-order valence-electron chi connectivity index (χ1n) is 10.3. The van der Waals surface area contributed by atoms with Gasteiger partial charge in [-0.05, 0) is 65.6 Å². The van der Waals surface area contributed by atoms with Gasteiger partial charge in [-0.15, -0.1) is 0 Å². The molecule has 0 bridgehead atoms. The number of carbonyl (C=O) groups is 1. The Bertz CT molecular complexity index is 1440. The molecule has 4 aromatic rings. The minimum absolute atomic E-state index is 0.0757. The molecule has 1 aromatic heterocycles. The number of rotatable bonds is 4. The maximum absolute atomic E-state index is 13.3. The van der Waals surface area contributed by atoms with Crippen molar-refractivity contribution in [3.63, 3.8) is 0 Å². The predicted molar refractivity (Wildman–Crippen MR) is 124 cm³/mol. The molecule has 4 rings (SSSR count). The molecule has 0 atom stereocenters. The highest BCUT2D eigenvalue weighted by Crippen LogP contribution is 2.38. The number of aromatic nitrogens is 1. The lowest BCUT2D eigenvalue weighted by Gasteiger charge is -2.14. The van der Waals surface area contributed by atoms with Gasteiger partial charge in [-0.2, -0.15) is 31.1 Å². The van der Waals surface area contributed by atoms with E-state index in [1.807, 2.05) is 0 Å². The molecule has 1 heterocycles. The van der Waals surface area contributed by atoms with Crippen LogP contribution in [0.2, 0.25) is 10.0 Å². The third kappa shape index (κ3) is 5.47. The van der Waals surface area contributed by atoms with Crippen molar-refractivity contribution < 1.29 is 36.0 Å². The summed E-state index contributed by atoms with van der Waals surface area (Å²) in [4.78, 5) is 16.7. The van der Waals surface area contributed by atoms with E-state index in [0.29, 0.717) is 49.8 Å². The zero-order chi connectivity index (χ0) is 26.4. The summed E-state index contributed by atoms with van der Waals surface area (Å²) < 4.78 is 81.1. The average molecular weight is 546 g/mol. The smallest absolute Gasteiger partial charge is 0.337 e. The van der Waals surface area contributed by atoms with E-state index >= 15 is 0 Å². The Hall–Kier alpha value is -3.17. The van der Waals surface area contributed by atoms with Crippen molar-refractivity contribution in [1.29, 1.82) is 0 Å². The number of hydrogen-bond acceptors (Lipinski definition) is 2. The number of alkyl halides is 6. The highest BCUT2D eigenvalue weighted by atomic mass is 35.5. The van der Waals surface area contributed by atoms with Crippen LogP contribution in [0.5, 0.6) is 0 Å². The van der Waals surface area contributed by atoms with E-state index in [2.05, 4.69) is 0 Å². The van der Waals surface area contributed by atoms with Crippen LogP contribution in [0, 0.1) is 0 Å². The van der Waals surface area contributed by atoms with E-state index in [-0.39, 0.29) is 18.1 Å². The highest BCUT2D eigenvalue weighted by molar-refractivity contribution is 6.36. The average Bonchev–Trinajstić information content (AvgIpc) is 3.08. The second kappa shape index (κ2) is 9.37. The lowest BCUT2D eigenvalue weighted by molar-refractivity contribution is -0.143. The lowest BCUT2D eigenvalue weighted by Crippen LogP contribution is -2.15. The van der Waals surface area contributed by atoms with Crippen LogP contribution in [-0.2, 0) is 23.6 Å². The van der Waals surface area contributed by atoms with Crippen LogP contribution in [0.3, 0.4) is 0 Å². The molecule has 188 valence electrons. The third-order valence-corrected chi connectivity index (χ3v) is 5.91. The molecule has 0 N–H and O–H groups in total. The van der Waals surface area contributed by atoms with Crippen LogP contribution < -0.4 is 4.84 Å². The number of halogens is 8. The number of hydrogen-bond donors (Lipinski definition) is 0. The van der Waals surface area contributed by atoms with Crippen molar-refractivity contribution in [2.75, 3.05) is 0 Å². The first-order valence-corrected chi connectivity index (χ1v) is 11.0. The molecule has 0 aliphatic rings. The van der Waals surface area contributed by atoms with Crippen molar-refractivity contribution in [3.05, 3.63) is 93.1 Å². The van der Waals surface area contributed by atoms with Crippen LogP contribution in [0.25, 0.3) is 22.0 Å². The summed E-state index contributed by atoms with van der Waals surface area (Å²) in [6, 6.07) is 11.2. The fourth-order valence-electron chi connectivity index (χ4n) is 3.85. The van der Waals surface area contributed by atoms with Gasteiger partial charge in [0.15, 0.2) is 0 Å². The molecular weight excluding hydrogens is 531 g/mol. The lowest BCUT2D eigenvalue weighted by atomic mass is 9.97. The molecule has 0 saturated carbocycles. The van der Waals surface area contributed by atoms with E-state index < -0.39 is 29.4 Å². The zero-order valence-electron chi connectivity index (χ0n) is 18.3. The summed E-state index contributed by atoms with van der Waals surface area (Å²) in [7, 11) is 0. The number of fused-ring (bicyclic) bond motifs is 1. The van der Waals surface area contributed by atoms with E-state index in [4.69, 9.17) is 28.0 Å².